The maximum Gasteiger partial charge on any atom is 0.239 e. The van der Waals surface area contributed by atoms with E-state index in [-0.39, 0.29) is 11.9 Å². The first kappa shape index (κ1) is 14.3. The normalized spacial score (nSPS) is 17.4. The van der Waals surface area contributed by atoms with E-state index in [1.54, 1.807) is 6.20 Å². The highest BCUT2D eigenvalue weighted by Crippen LogP contribution is 2.16. The standard InChI is InChI=1S/C13H19BrN4O/c1-2-11(15)13(19)18-7-5-17(6-8-18)12-4-3-10(14)9-16-12/h3-4,9,11H,2,5-8,15H2,1H3/t11-/m0/s1. The lowest BCUT2D eigenvalue weighted by atomic mass is 10.2. The number of carbonyl (C=O) groups excluding carboxylic acids is 1. The van der Waals surface area contributed by atoms with Crippen molar-refractivity contribution < 1.29 is 4.79 Å². The van der Waals surface area contributed by atoms with Crippen LogP contribution in [0.3, 0.4) is 0 Å². The number of hydrogen-bond acceptors (Lipinski definition) is 4. The molecule has 5 nitrogen and oxygen atoms in total. The average Bonchev–Trinajstić information content (AvgIpc) is 2.46. The fourth-order valence-corrected chi connectivity index (χ4v) is 2.35. The van der Waals surface area contributed by atoms with Gasteiger partial charge < -0.3 is 15.5 Å². The lowest BCUT2D eigenvalue weighted by Crippen LogP contribution is -2.53. The van der Waals surface area contributed by atoms with E-state index in [4.69, 9.17) is 5.73 Å². The summed E-state index contributed by atoms with van der Waals surface area (Å²) < 4.78 is 0.971. The van der Waals surface area contributed by atoms with Gasteiger partial charge in [0.2, 0.25) is 5.91 Å². The summed E-state index contributed by atoms with van der Waals surface area (Å²) in [6.07, 6.45) is 2.48. The second-order valence-corrected chi connectivity index (χ2v) is 5.58. The van der Waals surface area contributed by atoms with Gasteiger partial charge in [0.05, 0.1) is 6.04 Å². The average molecular weight is 327 g/mol. The molecule has 6 heteroatoms. The minimum Gasteiger partial charge on any atom is -0.353 e. The molecule has 2 rings (SSSR count). The minimum atomic E-state index is -0.364. The quantitative estimate of drug-likeness (QED) is 0.907. The minimum absolute atomic E-state index is 0.0610. The first-order valence-electron chi connectivity index (χ1n) is 6.52. The Morgan fingerprint density at radius 3 is 2.63 bits per heavy atom. The highest BCUT2D eigenvalue weighted by Gasteiger charge is 2.24. The Labute approximate surface area is 121 Å². The summed E-state index contributed by atoms with van der Waals surface area (Å²) in [5.41, 5.74) is 5.79. The summed E-state index contributed by atoms with van der Waals surface area (Å²) in [4.78, 5) is 20.4. The Morgan fingerprint density at radius 1 is 1.42 bits per heavy atom. The largest absolute Gasteiger partial charge is 0.353 e. The highest BCUT2D eigenvalue weighted by molar-refractivity contribution is 9.10. The molecule has 1 fully saturated rings. The van der Waals surface area contributed by atoms with Crippen LogP contribution in [0.25, 0.3) is 0 Å². The number of rotatable bonds is 3. The zero-order valence-electron chi connectivity index (χ0n) is 11.1. The number of halogens is 1. The third-order valence-corrected chi connectivity index (χ3v) is 3.85. The van der Waals surface area contributed by atoms with Gasteiger partial charge in [-0.25, -0.2) is 4.98 Å². The van der Waals surface area contributed by atoms with E-state index < -0.39 is 0 Å². The highest BCUT2D eigenvalue weighted by atomic mass is 79.9. The molecule has 1 aromatic heterocycles. The first-order valence-corrected chi connectivity index (χ1v) is 7.32. The molecule has 19 heavy (non-hydrogen) atoms. The van der Waals surface area contributed by atoms with Gasteiger partial charge in [0.25, 0.3) is 0 Å². The van der Waals surface area contributed by atoms with Crippen LogP contribution >= 0.6 is 15.9 Å². The van der Waals surface area contributed by atoms with Crippen LogP contribution < -0.4 is 10.6 Å². The molecule has 0 bridgehead atoms. The second kappa shape index (κ2) is 6.34. The van der Waals surface area contributed by atoms with Crippen LogP contribution in [0.15, 0.2) is 22.8 Å². The van der Waals surface area contributed by atoms with Crippen molar-refractivity contribution in [2.24, 2.45) is 5.73 Å². The van der Waals surface area contributed by atoms with Gasteiger partial charge in [-0.3, -0.25) is 4.79 Å². The van der Waals surface area contributed by atoms with Gasteiger partial charge in [-0.1, -0.05) is 6.92 Å². The number of amides is 1. The molecule has 2 N–H and O–H groups in total. The molecule has 0 aliphatic carbocycles. The summed E-state index contributed by atoms with van der Waals surface area (Å²) in [7, 11) is 0. The molecule has 0 radical (unpaired) electrons. The number of nitrogens with zero attached hydrogens (tertiary/aromatic N) is 3. The Morgan fingerprint density at radius 2 is 2.11 bits per heavy atom. The Balaban J connectivity index is 1.92. The van der Waals surface area contributed by atoms with Crippen molar-refractivity contribution in [3.63, 3.8) is 0 Å². The third kappa shape index (κ3) is 3.45. The molecule has 1 atom stereocenters. The third-order valence-electron chi connectivity index (χ3n) is 3.38. The zero-order chi connectivity index (χ0) is 13.8. The molecule has 0 unspecified atom stereocenters. The van der Waals surface area contributed by atoms with Gasteiger partial charge in [-0.15, -0.1) is 0 Å². The van der Waals surface area contributed by atoms with Crippen LogP contribution in [0.5, 0.6) is 0 Å². The summed E-state index contributed by atoms with van der Waals surface area (Å²) >= 11 is 3.37. The maximum absolute atomic E-state index is 12.0. The van der Waals surface area contributed by atoms with Crippen molar-refractivity contribution >= 4 is 27.7 Å². The van der Waals surface area contributed by atoms with Crippen LogP contribution in [0.4, 0.5) is 5.82 Å². The van der Waals surface area contributed by atoms with Crippen LogP contribution in [0.2, 0.25) is 0 Å². The molecule has 1 aromatic rings. The summed E-state index contributed by atoms with van der Waals surface area (Å²) in [6, 6.07) is 3.60. The maximum atomic E-state index is 12.0. The van der Waals surface area contributed by atoms with E-state index in [1.807, 2.05) is 24.0 Å². The molecule has 1 aliphatic rings. The van der Waals surface area contributed by atoms with Crippen molar-refractivity contribution in [3.05, 3.63) is 22.8 Å². The number of carbonyl (C=O) groups is 1. The van der Waals surface area contributed by atoms with E-state index in [2.05, 4.69) is 25.8 Å². The van der Waals surface area contributed by atoms with Crippen LogP contribution in [0, 0.1) is 0 Å². The number of anilines is 1. The predicted molar refractivity (Wildman–Crippen MR) is 79.0 cm³/mol. The van der Waals surface area contributed by atoms with Crippen molar-refractivity contribution in [1.82, 2.24) is 9.88 Å². The fourth-order valence-electron chi connectivity index (χ4n) is 2.12. The van der Waals surface area contributed by atoms with Gasteiger partial charge in [0.15, 0.2) is 0 Å². The molecule has 0 aromatic carbocycles. The molecule has 0 saturated carbocycles. The number of pyridine rings is 1. The SMILES string of the molecule is CC[C@H](N)C(=O)N1CCN(c2ccc(Br)cn2)CC1. The van der Waals surface area contributed by atoms with Gasteiger partial charge in [0.1, 0.15) is 5.82 Å². The van der Waals surface area contributed by atoms with E-state index in [1.165, 1.54) is 0 Å². The predicted octanol–water partition coefficient (Wildman–Crippen LogP) is 1.23. The number of piperazine rings is 1. The van der Waals surface area contributed by atoms with Crippen molar-refractivity contribution in [3.8, 4) is 0 Å². The second-order valence-electron chi connectivity index (χ2n) is 4.66. The summed E-state index contributed by atoms with van der Waals surface area (Å²) in [5, 5.41) is 0. The molecule has 1 aliphatic heterocycles. The number of nitrogens with two attached hydrogens (primary N) is 1. The molecular formula is C13H19BrN4O. The van der Waals surface area contributed by atoms with Crippen LogP contribution in [0.1, 0.15) is 13.3 Å². The Hall–Kier alpha value is -1.14. The van der Waals surface area contributed by atoms with Gasteiger partial charge in [0, 0.05) is 36.8 Å². The van der Waals surface area contributed by atoms with Crippen molar-refractivity contribution in [1.29, 1.82) is 0 Å². The van der Waals surface area contributed by atoms with E-state index in [0.717, 1.165) is 23.4 Å². The molecular weight excluding hydrogens is 308 g/mol. The molecule has 2 heterocycles. The summed E-state index contributed by atoms with van der Waals surface area (Å²) in [5.74, 6) is 1.01. The topological polar surface area (TPSA) is 62.5 Å². The lowest BCUT2D eigenvalue weighted by molar-refractivity contribution is -0.132. The Bertz CT molecular complexity index is 429. The molecule has 1 amide bonds. The first-order chi connectivity index (χ1) is 9.11. The number of aromatic nitrogens is 1. The van der Waals surface area contributed by atoms with Gasteiger partial charge in [-0.2, -0.15) is 0 Å². The van der Waals surface area contributed by atoms with Gasteiger partial charge in [-0.05, 0) is 34.5 Å². The monoisotopic (exact) mass is 326 g/mol. The molecule has 0 spiro atoms. The van der Waals surface area contributed by atoms with E-state index in [0.29, 0.717) is 19.5 Å². The van der Waals surface area contributed by atoms with Crippen LogP contribution in [-0.2, 0) is 4.79 Å². The van der Waals surface area contributed by atoms with E-state index in [9.17, 15) is 4.79 Å². The molecule has 104 valence electrons. The lowest BCUT2D eigenvalue weighted by Gasteiger charge is -2.36. The zero-order valence-corrected chi connectivity index (χ0v) is 12.6. The van der Waals surface area contributed by atoms with E-state index >= 15 is 0 Å². The fraction of sp³-hybridized carbons (Fsp3) is 0.538. The summed E-state index contributed by atoms with van der Waals surface area (Å²) in [6.45, 7) is 4.97. The van der Waals surface area contributed by atoms with Gasteiger partial charge >= 0.3 is 0 Å². The van der Waals surface area contributed by atoms with Crippen LogP contribution in [-0.4, -0.2) is 48.0 Å². The van der Waals surface area contributed by atoms with Crippen molar-refractivity contribution in [2.75, 3.05) is 31.1 Å². The van der Waals surface area contributed by atoms with Crippen molar-refractivity contribution in [2.45, 2.75) is 19.4 Å². The Kier molecular flexibility index (Phi) is 4.76. The smallest absolute Gasteiger partial charge is 0.239 e. The number of hydrogen-bond donors (Lipinski definition) is 1. The molecule has 1 saturated heterocycles.